The van der Waals surface area contributed by atoms with E-state index in [0.717, 1.165) is 19.4 Å². The molecule has 1 aromatic carbocycles. The molecule has 0 fully saturated rings. The summed E-state index contributed by atoms with van der Waals surface area (Å²) < 4.78 is 5.17. The van der Waals surface area contributed by atoms with Crippen molar-refractivity contribution < 1.29 is 4.74 Å². The Kier molecular flexibility index (Phi) is 4.98. The van der Waals surface area contributed by atoms with E-state index >= 15 is 0 Å². The van der Waals surface area contributed by atoms with Gasteiger partial charge in [-0.3, -0.25) is 0 Å². The van der Waals surface area contributed by atoms with Gasteiger partial charge in [0.25, 0.3) is 0 Å². The molecule has 0 saturated heterocycles. The Bertz CT molecular complexity index is 519. The Morgan fingerprint density at radius 2 is 2.00 bits per heavy atom. The summed E-state index contributed by atoms with van der Waals surface area (Å²) in [4.78, 5) is 8.00. The van der Waals surface area contributed by atoms with Gasteiger partial charge in [-0.2, -0.15) is 0 Å². The van der Waals surface area contributed by atoms with Gasteiger partial charge in [-0.05, 0) is 18.4 Å². The fraction of sp³-hybridized carbons (Fsp3) is 0.286. The van der Waals surface area contributed by atoms with Crippen LogP contribution in [0.3, 0.4) is 0 Å². The predicted octanol–water partition coefficient (Wildman–Crippen LogP) is 3.18. The van der Waals surface area contributed by atoms with Crippen LogP contribution in [0.25, 0.3) is 0 Å². The van der Waals surface area contributed by atoms with Gasteiger partial charge < -0.3 is 10.1 Å². The zero-order valence-corrected chi connectivity index (χ0v) is 11.5. The van der Waals surface area contributed by atoms with E-state index in [1.54, 1.807) is 7.11 Å². The average molecular weight is 278 g/mol. The maximum Gasteiger partial charge on any atom is 0.198 e. The van der Waals surface area contributed by atoms with Gasteiger partial charge in [0, 0.05) is 6.54 Å². The van der Waals surface area contributed by atoms with Crippen molar-refractivity contribution in [2.45, 2.75) is 12.8 Å². The standard InChI is InChI=1S/C14H16ClN3O/c1-19-12-13(15)17-10-18-14(12)16-9-5-8-11-6-3-2-4-7-11/h2-4,6-7,10H,5,8-9H2,1H3,(H,16,17,18). The third-order valence-corrected chi connectivity index (χ3v) is 3.01. The lowest BCUT2D eigenvalue weighted by Gasteiger charge is -2.10. The molecule has 1 N–H and O–H groups in total. The van der Waals surface area contributed by atoms with Crippen LogP contribution in [0.1, 0.15) is 12.0 Å². The van der Waals surface area contributed by atoms with E-state index in [1.807, 2.05) is 6.07 Å². The molecule has 0 spiro atoms. The predicted molar refractivity (Wildman–Crippen MR) is 76.8 cm³/mol. The van der Waals surface area contributed by atoms with Crippen molar-refractivity contribution in [2.24, 2.45) is 0 Å². The van der Waals surface area contributed by atoms with Gasteiger partial charge in [-0.25, -0.2) is 9.97 Å². The number of rotatable bonds is 6. The molecule has 19 heavy (non-hydrogen) atoms. The summed E-state index contributed by atoms with van der Waals surface area (Å²) in [5, 5.41) is 3.54. The molecule has 0 aliphatic heterocycles. The summed E-state index contributed by atoms with van der Waals surface area (Å²) in [7, 11) is 1.56. The number of benzene rings is 1. The van der Waals surface area contributed by atoms with E-state index in [1.165, 1.54) is 11.9 Å². The zero-order valence-electron chi connectivity index (χ0n) is 10.8. The van der Waals surface area contributed by atoms with Crippen LogP contribution in [-0.2, 0) is 6.42 Å². The first-order chi connectivity index (χ1) is 9.31. The Balaban J connectivity index is 1.85. The lowest BCUT2D eigenvalue weighted by molar-refractivity contribution is 0.413. The molecule has 0 amide bonds. The molecule has 0 unspecified atom stereocenters. The maximum absolute atomic E-state index is 5.92. The maximum atomic E-state index is 5.92. The van der Waals surface area contributed by atoms with Crippen molar-refractivity contribution in [3.8, 4) is 5.75 Å². The van der Waals surface area contributed by atoms with Crippen LogP contribution in [0.2, 0.25) is 5.15 Å². The van der Waals surface area contributed by atoms with E-state index in [-0.39, 0.29) is 0 Å². The minimum Gasteiger partial charge on any atom is -0.490 e. The molecule has 100 valence electrons. The lowest BCUT2D eigenvalue weighted by atomic mass is 10.1. The summed E-state index contributed by atoms with van der Waals surface area (Å²) in [5.74, 6) is 1.12. The second kappa shape index (κ2) is 6.95. The van der Waals surface area contributed by atoms with Crippen molar-refractivity contribution in [1.29, 1.82) is 0 Å². The monoisotopic (exact) mass is 277 g/mol. The molecule has 0 saturated carbocycles. The molecule has 2 aromatic rings. The normalized spacial score (nSPS) is 10.2. The van der Waals surface area contributed by atoms with Gasteiger partial charge >= 0.3 is 0 Å². The van der Waals surface area contributed by atoms with Crippen LogP contribution < -0.4 is 10.1 Å². The topological polar surface area (TPSA) is 47.0 Å². The zero-order chi connectivity index (χ0) is 13.5. The number of anilines is 1. The van der Waals surface area contributed by atoms with Crippen molar-refractivity contribution in [3.05, 3.63) is 47.4 Å². The number of methoxy groups -OCH3 is 1. The Labute approximate surface area is 117 Å². The summed E-state index contributed by atoms with van der Waals surface area (Å²) in [6, 6.07) is 10.4. The van der Waals surface area contributed by atoms with Crippen LogP contribution in [-0.4, -0.2) is 23.6 Å². The van der Waals surface area contributed by atoms with Gasteiger partial charge in [-0.1, -0.05) is 41.9 Å². The smallest absolute Gasteiger partial charge is 0.198 e. The summed E-state index contributed by atoms with van der Waals surface area (Å²) in [6.45, 7) is 0.804. The highest BCUT2D eigenvalue weighted by molar-refractivity contribution is 6.31. The first-order valence-corrected chi connectivity index (χ1v) is 6.51. The van der Waals surface area contributed by atoms with Crippen LogP contribution in [0.5, 0.6) is 5.75 Å². The molecule has 0 aliphatic rings. The number of aryl methyl sites for hydroxylation is 1. The molecule has 0 aliphatic carbocycles. The molecular formula is C14H16ClN3O. The van der Waals surface area contributed by atoms with E-state index in [0.29, 0.717) is 16.7 Å². The average Bonchev–Trinajstić information content (AvgIpc) is 2.45. The van der Waals surface area contributed by atoms with Crippen molar-refractivity contribution in [3.63, 3.8) is 0 Å². The molecule has 5 heteroatoms. The number of nitrogens with one attached hydrogen (secondary N) is 1. The minimum absolute atomic E-state index is 0.322. The number of hydrogen-bond acceptors (Lipinski definition) is 4. The first kappa shape index (κ1) is 13.6. The molecule has 1 aromatic heterocycles. The SMILES string of the molecule is COc1c(Cl)ncnc1NCCCc1ccccc1. The van der Waals surface area contributed by atoms with E-state index < -0.39 is 0 Å². The van der Waals surface area contributed by atoms with Gasteiger partial charge in [0.1, 0.15) is 6.33 Å². The van der Waals surface area contributed by atoms with Crippen LogP contribution in [0.15, 0.2) is 36.7 Å². The molecule has 0 bridgehead atoms. The van der Waals surface area contributed by atoms with E-state index in [9.17, 15) is 0 Å². The summed E-state index contributed by atoms with van der Waals surface area (Å²) >= 11 is 5.92. The van der Waals surface area contributed by atoms with Gasteiger partial charge in [-0.15, -0.1) is 0 Å². The fourth-order valence-electron chi connectivity index (χ4n) is 1.80. The third-order valence-electron chi connectivity index (χ3n) is 2.74. The Morgan fingerprint density at radius 3 is 2.74 bits per heavy atom. The quantitative estimate of drug-likeness (QED) is 0.651. The second-order valence-corrected chi connectivity index (χ2v) is 4.42. The van der Waals surface area contributed by atoms with Crippen molar-refractivity contribution in [1.82, 2.24) is 9.97 Å². The molecule has 0 atom stereocenters. The van der Waals surface area contributed by atoms with Gasteiger partial charge in [0.2, 0.25) is 0 Å². The second-order valence-electron chi connectivity index (χ2n) is 4.06. The van der Waals surface area contributed by atoms with E-state index in [4.69, 9.17) is 16.3 Å². The van der Waals surface area contributed by atoms with Gasteiger partial charge in [0.15, 0.2) is 16.7 Å². The molecular weight excluding hydrogens is 262 g/mol. The Morgan fingerprint density at radius 1 is 1.21 bits per heavy atom. The number of halogens is 1. The molecule has 0 radical (unpaired) electrons. The van der Waals surface area contributed by atoms with Crippen molar-refractivity contribution >= 4 is 17.4 Å². The highest BCUT2D eigenvalue weighted by Crippen LogP contribution is 2.28. The van der Waals surface area contributed by atoms with Crippen LogP contribution in [0, 0.1) is 0 Å². The number of aromatic nitrogens is 2. The van der Waals surface area contributed by atoms with E-state index in [2.05, 4.69) is 39.6 Å². The molecule has 2 rings (SSSR count). The Hall–Kier alpha value is -1.81. The molecule has 1 heterocycles. The summed E-state index contributed by atoms with van der Waals surface area (Å²) in [5.41, 5.74) is 1.33. The largest absolute Gasteiger partial charge is 0.490 e. The number of hydrogen-bond donors (Lipinski definition) is 1. The fourth-order valence-corrected chi connectivity index (χ4v) is 2.01. The van der Waals surface area contributed by atoms with Crippen molar-refractivity contribution in [2.75, 3.05) is 19.0 Å². The minimum atomic E-state index is 0.322. The van der Waals surface area contributed by atoms with Gasteiger partial charge in [0.05, 0.1) is 7.11 Å². The number of nitrogens with zero attached hydrogens (tertiary/aromatic N) is 2. The number of ether oxygens (including phenoxy) is 1. The van der Waals surface area contributed by atoms with Crippen LogP contribution >= 0.6 is 11.6 Å². The summed E-state index contributed by atoms with van der Waals surface area (Å²) in [6.07, 6.45) is 3.45. The highest BCUT2D eigenvalue weighted by atomic mass is 35.5. The molecule has 4 nitrogen and oxygen atoms in total. The first-order valence-electron chi connectivity index (χ1n) is 6.13. The van der Waals surface area contributed by atoms with Crippen LogP contribution in [0.4, 0.5) is 5.82 Å². The lowest BCUT2D eigenvalue weighted by Crippen LogP contribution is -2.07. The third kappa shape index (κ3) is 3.83. The highest BCUT2D eigenvalue weighted by Gasteiger charge is 2.09.